The molecule has 0 amide bonds. The Morgan fingerprint density at radius 3 is 2.73 bits per heavy atom. The third-order valence-electron chi connectivity index (χ3n) is 4.07. The summed E-state index contributed by atoms with van der Waals surface area (Å²) in [7, 11) is 0. The van der Waals surface area contributed by atoms with Crippen molar-refractivity contribution in [3.8, 4) is 0 Å². The van der Waals surface area contributed by atoms with Crippen molar-refractivity contribution in [2.75, 3.05) is 0 Å². The molecule has 1 atom stereocenters. The summed E-state index contributed by atoms with van der Waals surface area (Å²) < 4.78 is 13.5. The zero-order chi connectivity index (χ0) is 18.1. The van der Waals surface area contributed by atoms with Crippen LogP contribution < -0.4 is 5.32 Å². The van der Waals surface area contributed by atoms with E-state index in [4.69, 9.17) is 16.6 Å². The van der Waals surface area contributed by atoms with Crippen LogP contribution in [-0.4, -0.2) is 15.8 Å². The van der Waals surface area contributed by atoms with E-state index >= 15 is 0 Å². The van der Waals surface area contributed by atoms with E-state index in [9.17, 15) is 4.39 Å². The minimum absolute atomic E-state index is 0.334. The summed E-state index contributed by atoms with van der Waals surface area (Å²) in [6, 6.07) is 9.68. The van der Waals surface area contributed by atoms with Crippen molar-refractivity contribution < 1.29 is 4.39 Å². The van der Waals surface area contributed by atoms with Crippen molar-refractivity contribution >= 4 is 34.3 Å². The molecule has 2 aromatic heterocycles. The smallest absolute Gasteiger partial charge is 0.163 e. The summed E-state index contributed by atoms with van der Waals surface area (Å²) in [4.78, 5) is 13.6. The second kappa shape index (κ2) is 6.97. The van der Waals surface area contributed by atoms with Crippen molar-refractivity contribution in [1.29, 1.82) is 0 Å². The number of nitrogens with one attached hydrogen (secondary N) is 1. The Labute approximate surface area is 159 Å². The predicted molar refractivity (Wildman–Crippen MR) is 103 cm³/mol. The molecule has 130 valence electrons. The number of halogens is 2. The van der Waals surface area contributed by atoms with E-state index in [2.05, 4.69) is 15.3 Å². The number of thiazole rings is 1. The minimum atomic E-state index is -0.404. The molecule has 0 radical (unpaired) electrons. The van der Waals surface area contributed by atoms with Crippen LogP contribution in [0.15, 0.2) is 64.9 Å². The predicted octanol–water partition coefficient (Wildman–Crippen LogP) is 4.85. The zero-order valence-corrected chi connectivity index (χ0v) is 15.4. The van der Waals surface area contributed by atoms with Gasteiger partial charge in [-0.05, 0) is 31.2 Å². The Balaban J connectivity index is 1.88. The topological polar surface area (TPSA) is 50.2 Å². The molecule has 0 fully saturated rings. The number of hydrogen-bond donors (Lipinski definition) is 1. The van der Waals surface area contributed by atoms with Crippen molar-refractivity contribution in [2.45, 2.75) is 13.0 Å². The quantitative estimate of drug-likeness (QED) is 0.702. The molecule has 26 heavy (non-hydrogen) atoms. The van der Waals surface area contributed by atoms with E-state index in [1.807, 2.05) is 30.5 Å². The summed E-state index contributed by atoms with van der Waals surface area (Å²) >= 11 is 7.85. The standard InChI is InChI=1S/C19H14ClFN4S/c1-11-16(15-4-2-3-7-22-15)17(13-6-5-12(21)10-14(13)20)25-18(24-11)19-23-8-9-26-19/h2-10,17H,1H3,(H,24,25). The average Bonchev–Trinajstić information content (AvgIpc) is 3.16. The molecule has 0 bridgehead atoms. The number of aromatic nitrogens is 2. The highest BCUT2D eigenvalue weighted by Gasteiger charge is 2.28. The van der Waals surface area contributed by atoms with Crippen LogP contribution >= 0.6 is 22.9 Å². The molecule has 1 unspecified atom stereocenters. The number of aliphatic imine (C=N–C) groups is 1. The molecule has 4 nitrogen and oxygen atoms in total. The molecule has 1 aliphatic rings. The Bertz CT molecular complexity index is 1000. The Kier molecular flexibility index (Phi) is 4.53. The van der Waals surface area contributed by atoms with E-state index < -0.39 is 6.04 Å². The maximum atomic E-state index is 13.5. The average molecular weight is 385 g/mol. The van der Waals surface area contributed by atoms with Crippen molar-refractivity contribution in [1.82, 2.24) is 15.3 Å². The first kappa shape index (κ1) is 16.9. The summed E-state index contributed by atoms with van der Waals surface area (Å²) in [5.74, 6) is 0.291. The number of hydrogen-bond acceptors (Lipinski definition) is 5. The molecule has 3 aromatic rings. The minimum Gasteiger partial charge on any atom is -0.341 e. The maximum absolute atomic E-state index is 13.5. The van der Waals surface area contributed by atoms with E-state index in [0.717, 1.165) is 27.5 Å². The van der Waals surface area contributed by atoms with E-state index in [1.165, 1.54) is 23.5 Å². The van der Waals surface area contributed by atoms with E-state index in [-0.39, 0.29) is 5.82 Å². The van der Waals surface area contributed by atoms with Crippen molar-refractivity contribution in [2.24, 2.45) is 4.99 Å². The van der Waals surface area contributed by atoms with Gasteiger partial charge in [0.1, 0.15) is 11.9 Å². The molecule has 0 saturated heterocycles. The number of amidine groups is 1. The third kappa shape index (κ3) is 3.13. The zero-order valence-electron chi connectivity index (χ0n) is 13.8. The molecule has 0 saturated carbocycles. The fraction of sp³-hybridized carbons (Fsp3) is 0.105. The van der Waals surface area contributed by atoms with Crippen molar-refractivity contribution in [3.05, 3.63) is 87.0 Å². The van der Waals surface area contributed by atoms with Gasteiger partial charge in [-0.15, -0.1) is 11.3 Å². The van der Waals surface area contributed by atoms with Gasteiger partial charge in [0.2, 0.25) is 0 Å². The van der Waals surface area contributed by atoms with Gasteiger partial charge in [0, 0.05) is 39.6 Å². The molecule has 3 heterocycles. The van der Waals surface area contributed by atoms with Gasteiger partial charge in [0.15, 0.2) is 10.8 Å². The largest absolute Gasteiger partial charge is 0.341 e. The van der Waals surface area contributed by atoms with Crippen LogP contribution in [0, 0.1) is 5.82 Å². The van der Waals surface area contributed by atoms with Crippen LogP contribution in [0.25, 0.3) is 5.57 Å². The van der Waals surface area contributed by atoms with Crippen LogP contribution in [0.2, 0.25) is 5.02 Å². The van der Waals surface area contributed by atoms with Crippen LogP contribution in [0.3, 0.4) is 0 Å². The van der Waals surface area contributed by atoms with Gasteiger partial charge < -0.3 is 5.32 Å². The molecule has 1 aliphatic heterocycles. The molecule has 1 aromatic carbocycles. The van der Waals surface area contributed by atoms with Gasteiger partial charge in [-0.3, -0.25) is 9.98 Å². The number of nitrogens with zero attached hydrogens (tertiary/aromatic N) is 3. The molecule has 0 aliphatic carbocycles. The monoisotopic (exact) mass is 384 g/mol. The van der Waals surface area contributed by atoms with Gasteiger partial charge in [0.05, 0.1) is 5.69 Å². The number of pyridine rings is 1. The molecular weight excluding hydrogens is 371 g/mol. The lowest BCUT2D eigenvalue weighted by atomic mass is 9.93. The lowest BCUT2D eigenvalue weighted by Gasteiger charge is -2.27. The maximum Gasteiger partial charge on any atom is 0.163 e. The van der Waals surface area contributed by atoms with Crippen LogP contribution in [0.1, 0.15) is 29.2 Å². The fourth-order valence-corrected chi connectivity index (χ4v) is 3.79. The number of allylic oxidation sites excluding steroid dienone is 1. The highest BCUT2D eigenvalue weighted by Crippen LogP contribution is 2.40. The molecule has 1 N–H and O–H groups in total. The van der Waals surface area contributed by atoms with Gasteiger partial charge >= 0.3 is 0 Å². The first-order valence-electron chi connectivity index (χ1n) is 7.95. The normalized spacial score (nSPS) is 17.0. The van der Waals surface area contributed by atoms with Gasteiger partial charge in [-0.2, -0.15) is 0 Å². The van der Waals surface area contributed by atoms with Crippen molar-refractivity contribution in [3.63, 3.8) is 0 Å². The van der Waals surface area contributed by atoms with Gasteiger partial charge in [-0.25, -0.2) is 9.37 Å². The summed E-state index contributed by atoms with van der Waals surface area (Å²) in [6.45, 7) is 1.97. The fourth-order valence-electron chi connectivity index (χ4n) is 2.93. The van der Waals surface area contributed by atoms with Gasteiger partial charge in [-0.1, -0.05) is 23.7 Å². The number of benzene rings is 1. The second-order valence-corrected chi connectivity index (χ2v) is 7.06. The van der Waals surface area contributed by atoms with Crippen LogP contribution in [-0.2, 0) is 0 Å². The number of rotatable bonds is 3. The summed E-state index contributed by atoms with van der Waals surface area (Å²) in [5.41, 5.74) is 3.34. The summed E-state index contributed by atoms with van der Waals surface area (Å²) in [5, 5.41) is 6.33. The van der Waals surface area contributed by atoms with E-state index in [1.54, 1.807) is 18.5 Å². The first-order chi connectivity index (χ1) is 12.6. The molecule has 4 rings (SSSR count). The van der Waals surface area contributed by atoms with Crippen LogP contribution in [0.4, 0.5) is 4.39 Å². The highest BCUT2D eigenvalue weighted by molar-refractivity contribution is 7.11. The molecule has 7 heteroatoms. The SMILES string of the molecule is CC1=C(c2ccccn2)C(c2ccc(F)cc2Cl)N=C(c2nccs2)N1. The van der Waals surface area contributed by atoms with Gasteiger partial charge in [0.25, 0.3) is 0 Å². The van der Waals surface area contributed by atoms with Crippen LogP contribution in [0.5, 0.6) is 0 Å². The lowest BCUT2D eigenvalue weighted by Crippen LogP contribution is -2.29. The summed E-state index contributed by atoms with van der Waals surface area (Å²) in [6.07, 6.45) is 3.47. The Hall–Kier alpha value is -2.57. The lowest BCUT2D eigenvalue weighted by molar-refractivity contribution is 0.626. The second-order valence-electron chi connectivity index (χ2n) is 5.76. The first-order valence-corrected chi connectivity index (χ1v) is 9.21. The highest BCUT2D eigenvalue weighted by atomic mass is 35.5. The Morgan fingerprint density at radius 1 is 1.15 bits per heavy atom. The van der Waals surface area contributed by atoms with E-state index in [0.29, 0.717) is 10.9 Å². The molecular formula is C19H14ClFN4S. The molecule has 0 spiro atoms. The third-order valence-corrected chi connectivity index (χ3v) is 5.18. The Morgan fingerprint density at radius 2 is 2.04 bits per heavy atom.